The van der Waals surface area contributed by atoms with Crippen LogP contribution in [0.15, 0.2) is 30.7 Å². The van der Waals surface area contributed by atoms with Crippen LogP contribution in [0.25, 0.3) is 0 Å². The lowest BCUT2D eigenvalue weighted by atomic mass is 10.1. The molecule has 1 aliphatic rings. The molecule has 3 rings (SSSR count). The van der Waals surface area contributed by atoms with Crippen LogP contribution in [0.3, 0.4) is 0 Å². The normalized spacial score (nSPS) is 20.9. The van der Waals surface area contributed by atoms with E-state index in [1.54, 1.807) is 12.1 Å². The van der Waals surface area contributed by atoms with E-state index in [1.807, 2.05) is 0 Å². The molecular weight excluding hydrogens is 266 g/mol. The number of aliphatic carboxylic acids is 1. The second-order valence-electron chi connectivity index (χ2n) is 5.01. The fraction of sp³-hybridized carbons (Fsp3) is 0.286. The lowest BCUT2D eigenvalue weighted by Crippen LogP contribution is -2.02. The minimum Gasteiger partial charge on any atom is -0.481 e. The Balaban J connectivity index is 1.76. The Kier molecular flexibility index (Phi) is 3.00. The van der Waals surface area contributed by atoms with Crippen LogP contribution in [0.2, 0.25) is 0 Å². The molecule has 1 fully saturated rings. The summed E-state index contributed by atoms with van der Waals surface area (Å²) < 4.78 is 28.2. The molecule has 6 heteroatoms. The van der Waals surface area contributed by atoms with E-state index < -0.39 is 23.7 Å². The first-order chi connectivity index (χ1) is 9.54. The molecule has 0 amide bonds. The maximum Gasteiger partial charge on any atom is 0.307 e. The minimum atomic E-state index is -0.839. The summed E-state index contributed by atoms with van der Waals surface area (Å²) in [5.74, 6) is -2.35. The number of benzene rings is 1. The van der Waals surface area contributed by atoms with Crippen molar-refractivity contribution in [1.82, 2.24) is 9.55 Å². The van der Waals surface area contributed by atoms with Gasteiger partial charge in [0.2, 0.25) is 5.95 Å². The second kappa shape index (κ2) is 4.70. The molecule has 1 heterocycles. The summed E-state index contributed by atoms with van der Waals surface area (Å²) in [6, 6.07) is 4.72. The third-order valence-corrected chi connectivity index (χ3v) is 3.57. The number of hydrogen-bond donors (Lipinski definition) is 1. The van der Waals surface area contributed by atoms with Gasteiger partial charge in [-0.15, -0.1) is 0 Å². The van der Waals surface area contributed by atoms with E-state index in [1.165, 1.54) is 23.2 Å². The zero-order valence-electron chi connectivity index (χ0n) is 10.5. The van der Waals surface area contributed by atoms with Gasteiger partial charge in [0.15, 0.2) is 0 Å². The van der Waals surface area contributed by atoms with Crippen molar-refractivity contribution in [1.29, 1.82) is 0 Å². The van der Waals surface area contributed by atoms with Crippen LogP contribution in [-0.4, -0.2) is 20.6 Å². The van der Waals surface area contributed by atoms with Crippen LogP contribution < -0.4 is 0 Å². The molecule has 0 aliphatic heterocycles. The van der Waals surface area contributed by atoms with Crippen LogP contribution in [-0.2, 0) is 11.3 Å². The summed E-state index contributed by atoms with van der Waals surface area (Å²) in [5, 5.41) is 8.87. The molecule has 0 saturated heterocycles. The Morgan fingerprint density at radius 3 is 2.80 bits per heavy atom. The van der Waals surface area contributed by atoms with Gasteiger partial charge in [0.25, 0.3) is 0 Å². The topological polar surface area (TPSA) is 55.1 Å². The van der Waals surface area contributed by atoms with Crippen LogP contribution >= 0.6 is 0 Å². The van der Waals surface area contributed by atoms with Crippen molar-refractivity contribution in [3.63, 3.8) is 0 Å². The number of halogens is 2. The van der Waals surface area contributed by atoms with Crippen molar-refractivity contribution in [2.24, 2.45) is 5.92 Å². The quantitative estimate of drug-likeness (QED) is 0.934. The van der Waals surface area contributed by atoms with Gasteiger partial charge < -0.3 is 9.67 Å². The molecule has 0 spiro atoms. The van der Waals surface area contributed by atoms with E-state index in [0.29, 0.717) is 17.5 Å². The largest absolute Gasteiger partial charge is 0.481 e. The predicted octanol–water partition coefficient (Wildman–Crippen LogP) is 2.40. The van der Waals surface area contributed by atoms with Crippen LogP contribution in [0, 0.1) is 17.7 Å². The molecule has 1 N–H and O–H groups in total. The van der Waals surface area contributed by atoms with E-state index in [0.717, 1.165) is 0 Å². The monoisotopic (exact) mass is 278 g/mol. The van der Waals surface area contributed by atoms with Crippen molar-refractivity contribution < 1.29 is 18.7 Å². The molecule has 2 aromatic rings. The van der Waals surface area contributed by atoms with E-state index >= 15 is 0 Å². The third-order valence-electron chi connectivity index (χ3n) is 3.57. The first kappa shape index (κ1) is 12.8. The van der Waals surface area contributed by atoms with Gasteiger partial charge in [-0.05, 0) is 24.0 Å². The molecule has 1 aromatic carbocycles. The summed E-state index contributed by atoms with van der Waals surface area (Å²) in [6.07, 6.45) is 3.04. The van der Waals surface area contributed by atoms with Crippen molar-refractivity contribution in [3.8, 4) is 0 Å². The van der Waals surface area contributed by atoms with E-state index in [9.17, 15) is 13.6 Å². The van der Waals surface area contributed by atoms with Gasteiger partial charge in [-0.2, -0.15) is 4.39 Å². The van der Waals surface area contributed by atoms with Gasteiger partial charge in [-0.25, -0.2) is 9.37 Å². The van der Waals surface area contributed by atoms with Gasteiger partial charge in [-0.3, -0.25) is 4.79 Å². The van der Waals surface area contributed by atoms with Gasteiger partial charge in [0.05, 0.1) is 25.0 Å². The Morgan fingerprint density at radius 1 is 1.45 bits per heavy atom. The Hall–Kier alpha value is -2.24. The summed E-state index contributed by atoms with van der Waals surface area (Å²) in [6.45, 7) is 0.191. The standard InChI is InChI=1S/C14H12F2N2O2/c15-12-3-8(10-4-11(10)14(19)20)1-2-9(12)5-18-6-13(16)17-7-18/h1-3,6-7,10-11H,4-5H2,(H,19,20)/t10-,11+/m1/s1. The molecule has 20 heavy (non-hydrogen) atoms. The fourth-order valence-electron chi connectivity index (χ4n) is 2.37. The Morgan fingerprint density at radius 2 is 2.25 bits per heavy atom. The van der Waals surface area contributed by atoms with Gasteiger partial charge in [0, 0.05) is 5.56 Å². The van der Waals surface area contributed by atoms with Gasteiger partial charge >= 0.3 is 5.97 Å². The molecule has 104 valence electrons. The summed E-state index contributed by atoms with van der Waals surface area (Å²) in [4.78, 5) is 14.2. The molecular formula is C14H12F2N2O2. The number of aromatic nitrogens is 2. The Bertz CT molecular complexity index is 669. The molecule has 2 atom stereocenters. The highest BCUT2D eigenvalue weighted by atomic mass is 19.1. The number of carboxylic acids is 1. The predicted molar refractivity (Wildman–Crippen MR) is 66.2 cm³/mol. The fourth-order valence-corrected chi connectivity index (χ4v) is 2.37. The van der Waals surface area contributed by atoms with Crippen LogP contribution in [0.5, 0.6) is 0 Å². The van der Waals surface area contributed by atoms with Crippen molar-refractivity contribution >= 4 is 5.97 Å². The molecule has 1 aromatic heterocycles. The smallest absolute Gasteiger partial charge is 0.307 e. The average molecular weight is 278 g/mol. The van der Waals surface area contributed by atoms with Crippen molar-refractivity contribution in [3.05, 3.63) is 53.6 Å². The average Bonchev–Trinajstić information content (AvgIpc) is 3.10. The molecule has 4 nitrogen and oxygen atoms in total. The number of nitrogens with zero attached hydrogens (tertiary/aromatic N) is 2. The third kappa shape index (κ3) is 2.41. The highest BCUT2D eigenvalue weighted by molar-refractivity contribution is 5.75. The van der Waals surface area contributed by atoms with E-state index in [-0.39, 0.29) is 12.5 Å². The highest BCUT2D eigenvalue weighted by Crippen LogP contribution is 2.47. The second-order valence-corrected chi connectivity index (χ2v) is 5.01. The maximum absolute atomic E-state index is 14.0. The lowest BCUT2D eigenvalue weighted by molar-refractivity contribution is -0.138. The molecule has 0 bridgehead atoms. The highest BCUT2D eigenvalue weighted by Gasteiger charge is 2.44. The summed E-state index contributed by atoms with van der Waals surface area (Å²) >= 11 is 0. The van der Waals surface area contributed by atoms with Gasteiger partial charge in [-0.1, -0.05) is 12.1 Å². The van der Waals surface area contributed by atoms with Crippen LogP contribution in [0.1, 0.15) is 23.5 Å². The van der Waals surface area contributed by atoms with E-state index in [2.05, 4.69) is 4.98 Å². The van der Waals surface area contributed by atoms with Crippen LogP contribution in [0.4, 0.5) is 8.78 Å². The zero-order chi connectivity index (χ0) is 14.3. The number of carboxylic acid groups (broad SMARTS) is 1. The summed E-state index contributed by atoms with van der Waals surface area (Å²) in [5.41, 5.74) is 1.12. The summed E-state index contributed by atoms with van der Waals surface area (Å²) in [7, 11) is 0. The zero-order valence-corrected chi connectivity index (χ0v) is 10.5. The molecule has 0 unspecified atom stereocenters. The first-order valence-corrected chi connectivity index (χ1v) is 6.23. The number of imidazole rings is 1. The SMILES string of the molecule is O=C(O)[C@H]1C[C@@H]1c1ccc(Cn2cnc(F)c2)c(F)c1. The first-order valence-electron chi connectivity index (χ1n) is 6.23. The number of hydrogen-bond acceptors (Lipinski definition) is 2. The van der Waals surface area contributed by atoms with E-state index in [4.69, 9.17) is 5.11 Å². The van der Waals surface area contributed by atoms with Gasteiger partial charge in [0.1, 0.15) is 5.82 Å². The maximum atomic E-state index is 14.0. The Labute approximate surface area is 113 Å². The van der Waals surface area contributed by atoms with Crippen molar-refractivity contribution in [2.45, 2.75) is 18.9 Å². The molecule has 0 radical (unpaired) electrons. The number of carbonyl (C=O) groups is 1. The number of rotatable bonds is 4. The minimum absolute atomic E-state index is 0.0956. The lowest BCUT2D eigenvalue weighted by Gasteiger charge is -2.06. The molecule has 1 aliphatic carbocycles. The molecule has 1 saturated carbocycles. The van der Waals surface area contributed by atoms with Crippen molar-refractivity contribution in [2.75, 3.05) is 0 Å².